The van der Waals surface area contributed by atoms with Gasteiger partial charge in [0, 0.05) is 6.92 Å². The van der Waals surface area contributed by atoms with E-state index in [0.717, 1.165) is 0 Å². The van der Waals surface area contributed by atoms with Crippen LogP contribution >= 0.6 is 0 Å². The van der Waals surface area contributed by atoms with Crippen molar-refractivity contribution in [2.45, 2.75) is 85.7 Å². The number of esters is 2. The molecule has 0 unspecified atom stereocenters. The van der Waals surface area contributed by atoms with E-state index in [4.69, 9.17) is 14.2 Å². The van der Waals surface area contributed by atoms with Gasteiger partial charge in [0.2, 0.25) is 6.10 Å². The Hall–Kier alpha value is -1.79. The molecule has 24 heavy (non-hydrogen) atoms. The predicted octanol–water partition coefficient (Wildman–Crippen LogP) is 2.81. The van der Waals surface area contributed by atoms with Gasteiger partial charge in [0.15, 0.2) is 0 Å². The molecule has 0 aromatic carbocycles. The van der Waals surface area contributed by atoms with Crippen LogP contribution in [0.5, 0.6) is 0 Å². The van der Waals surface area contributed by atoms with Crippen LogP contribution in [0.3, 0.4) is 0 Å². The average Bonchev–Trinajstić information content (AvgIpc) is 2.30. The van der Waals surface area contributed by atoms with E-state index in [0.29, 0.717) is 6.42 Å². The number of hydrogen-bond acceptors (Lipinski definition) is 6. The molecule has 0 saturated carbocycles. The van der Waals surface area contributed by atoms with Crippen LogP contribution in [0.25, 0.3) is 0 Å². The largest absolute Gasteiger partial charge is 0.460 e. The third-order valence-electron chi connectivity index (χ3n) is 2.67. The Bertz CT molecular complexity index is 439. The number of carbonyl (C=O) groups excluding carboxylic acids is 3. The Morgan fingerprint density at radius 3 is 1.92 bits per heavy atom. The lowest BCUT2D eigenvalue weighted by molar-refractivity contribution is -0.171. The first-order chi connectivity index (χ1) is 10.8. The van der Waals surface area contributed by atoms with Crippen LogP contribution in [-0.2, 0) is 23.8 Å². The standard InChI is InChI=1S/C17H31NO6/c1-10(2)9-13(18-16(21)24-17(6,7)8)14(23-12(5)19)15(20)22-11(3)4/h10-11,13-14H,9H2,1-8H3,(H,18,21)/t13-,14+/m0/s1. The van der Waals surface area contributed by atoms with E-state index in [2.05, 4.69) is 5.32 Å². The molecule has 0 bridgehead atoms. The number of rotatable bonds is 7. The van der Waals surface area contributed by atoms with E-state index in [-0.39, 0.29) is 12.0 Å². The van der Waals surface area contributed by atoms with Crippen molar-refractivity contribution in [1.82, 2.24) is 5.32 Å². The lowest BCUT2D eigenvalue weighted by Crippen LogP contribution is -2.51. The normalized spacial score (nSPS) is 14.1. The predicted molar refractivity (Wildman–Crippen MR) is 89.4 cm³/mol. The van der Waals surface area contributed by atoms with Crippen molar-refractivity contribution in [2.75, 3.05) is 0 Å². The molecule has 0 aliphatic carbocycles. The SMILES string of the molecule is CC(=O)O[C@@H](C(=O)OC(C)C)[C@H](CC(C)C)NC(=O)OC(C)(C)C. The summed E-state index contributed by atoms with van der Waals surface area (Å²) in [6.07, 6.45) is -1.84. The minimum absolute atomic E-state index is 0.148. The molecule has 2 atom stereocenters. The van der Waals surface area contributed by atoms with Gasteiger partial charge in [0.25, 0.3) is 0 Å². The number of amides is 1. The third-order valence-corrected chi connectivity index (χ3v) is 2.67. The van der Waals surface area contributed by atoms with Crippen molar-refractivity contribution in [3.63, 3.8) is 0 Å². The van der Waals surface area contributed by atoms with Crippen molar-refractivity contribution in [2.24, 2.45) is 5.92 Å². The zero-order chi connectivity index (χ0) is 19.1. The molecule has 0 spiro atoms. The minimum Gasteiger partial charge on any atom is -0.460 e. The summed E-state index contributed by atoms with van der Waals surface area (Å²) >= 11 is 0. The highest BCUT2D eigenvalue weighted by molar-refractivity contribution is 5.80. The van der Waals surface area contributed by atoms with E-state index in [1.165, 1.54) is 6.92 Å². The van der Waals surface area contributed by atoms with Gasteiger partial charge in [0.1, 0.15) is 5.60 Å². The van der Waals surface area contributed by atoms with Crippen molar-refractivity contribution in [1.29, 1.82) is 0 Å². The summed E-state index contributed by atoms with van der Waals surface area (Å²) in [5, 5.41) is 2.63. The lowest BCUT2D eigenvalue weighted by Gasteiger charge is -2.29. The van der Waals surface area contributed by atoms with E-state index in [9.17, 15) is 14.4 Å². The number of ether oxygens (including phenoxy) is 3. The number of hydrogen-bond donors (Lipinski definition) is 1. The summed E-state index contributed by atoms with van der Waals surface area (Å²) in [5.41, 5.74) is -0.679. The van der Waals surface area contributed by atoms with Crippen LogP contribution in [0.2, 0.25) is 0 Å². The fourth-order valence-corrected chi connectivity index (χ4v) is 2.00. The van der Waals surface area contributed by atoms with E-state index in [1.807, 2.05) is 13.8 Å². The molecule has 0 rings (SSSR count). The van der Waals surface area contributed by atoms with E-state index >= 15 is 0 Å². The lowest BCUT2D eigenvalue weighted by atomic mass is 9.99. The Morgan fingerprint density at radius 2 is 1.54 bits per heavy atom. The van der Waals surface area contributed by atoms with E-state index in [1.54, 1.807) is 34.6 Å². The quantitative estimate of drug-likeness (QED) is 0.563. The first-order valence-electron chi connectivity index (χ1n) is 8.19. The van der Waals surface area contributed by atoms with Gasteiger partial charge in [-0.1, -0.05) is 13.8 Å². The first kappa shape index (κ1) is 22.2. The van der Waals surface area contributed by atoms with Gasteiger partial charge in [0.05, 0.1) is 12.1 Å². The molecule has 0 aliphatic rings. The van der Waals surface area contributed by atoms with Crippen LogP contribution in [0, 0.1) is 5.92 Å². The van der Waals surface area contributed by atoms with Gasteiger partial charge in [-0.2, -0.15) is 0 Å². The zero-order valence-electron chi connectivity index (χ0n) is 16.0. The summed E-state index contributed by atoms with van der Waals surface area (Å²) in [6, 6.07) is -0.741. The molecule has 0 radical (unpaired) electrons. The number of carbonyl (C=O) groups is 3. The topological polar surface area (TPSA) is 90.9 Å². The second-order valence-electron chi connectivity index (χ2n) is 7.40. The second-order valence-corrected chi connectivity index (χ2v) is 7.40. The Kier molecular flexibility index (Phi) is 8.78. The molecule has 7 nitrogen and oxygen atoms in total. The maximum absolute atomic E-state index is 12.3. The minimum atomic E-state index is -1.22. The Morgan fingerprint density at radius 1 is 1.00 bits per heavy atom. The van der Waals surface area contributed by atoms with Gasteiger partial charge < -0.3 is 19.5 Å². The van der Waals surface area contributed by atoms with Gasteiger partial charge >= 0.3 is 18.0 Å². The smallest absolute Gasteiger partial charge is 0.408 e. The van der Waals surface area contributed by atoms with E-state index < -0.39 is 35.8 Å². The molecule has 1 N–H and O–H groups in total. The maximum atomic E-state index is 12.3. The summed E-state index contributed by atoms with van der Waals surface area (Å²) in [7, 11) is 0. The average molecular weight is 345 g/mol. The van der Waals surface area contributed by atoms with Crippen molar-refractivity contribution in [3.8, 4) is 0 Å². The number of alkyl carbamates (subject to hydrolysis) is 1. The monoisotopic (exact) mass is 345 g/mol. The second kappa shape index (κ2) is 9.49. The Balaban J connectivity index is 5.31. The molecular formula is C17H31NO6. The zero-order valence-corrected chi connectivity index (χ0v) is 16.0. The van der Waals surface area contributed by atoms with Crippen LogP contribution in [0.15, 0.2) is 0 Å². The molecule has 0 saturated heterocycles. The van der Waals surface area contributed by atoms with Crippen molar-refractivity contribution < 1.29 is 28.6 Å². The highest BCUT2D eigenvalue weighted by atomic mass is 16.6. The molecule has 0 aromatic rings. The molecule has 140 valence electrons. The third kappa shape index (κ3) is 10.1. The van der Waals surface area contributed by atoms with Gasteiger partial charge in [-0.25, -0.2) is 9.59 Å². The fourth-order valence-electron chi connectivity index (χ4n) is 2.00. The van der Waals surface area contributed by atoms with Crippen LogP contribution in [-0.4, -0.2) is 41.9 Å². The summed E-state index contributed by atoms with van der Waals surface area (Å²) in [4.78, 5) is 35.7. The Labute approximate surface area is 144 Å². The summed E-state index contributed by atoms with van der Waals surface area (Å²) in [6.45, 7) is 13.7. The number of nitrogens with one attached hydrogen (secondary N) is 1. The molecule has 0 aliphatic heterocycles. The first-order valence-corrected chi connectivity index (χ1v) is 8.19. The molecule has 0 fully saturated rings. The van der Waals surface area contributed by atoms with Crippen LogP contribution < -0.4 is 5.32 Å². The van der Waals surface area contributed by atoms with Gasteiger partial charge in [-0.05, 0) is 47.0 Å². The van der Waals surface area contributed by atoms with Gasteiger partial charge in [-0.15, -0.1) is 0 Å². The summed E-state index contributed by atoms with van der Waals surface area (Å²) < 4.78 is 15.5. The van der Waals surface area contributed by atoms with Crippen LogP contribution in [0.1, 0.15) is 61.8 Å². The molecule has 0 heterocycles. The summed E-state index contributed by atoms with van der Waals surface area (Å²) in [5.74, 6) is -1.17. The van der Waals surface area contributed by atoms with Crippen LogP contribution in [0.4, 0.5) is 4.79 Å². The molecule has 1 amide bonds. The van der Waals surface area contributed by atoms with Crippen molar-refractivity contribution >= 4 is 18.0 Å². The molecule has 7 heteroatoms. The molecule has 0 aromatic heterocycles. The molecular weight excluding hydrogens is 314 g/mol. The maximum Gasteiger partial charge on any atom is 0.408 e. The highest BCUT2D eigenvalue weighted by Gasteiger charge is 2.35. The highest BCUT2D eigenvalue weighted by Crippen LogP contribution is 2.15. The van der Waals surface area contributed by atoms with Gasteiger partial charge in [-0.3, -0.25) is 4.79 Å². The van der Waals surface area contributed by atoms with Crippen molar-refractivity contribution in [3.05, 3.63) is 0 Å². The fraction of sp³-hybridized carbons (Fsp3) is 0.824.